The van der Waals surface area contributed by atoms with Crippen molar-refractivity contribution in [3.05, 3.63) is 53.1 Å². The number of aromatic nitrogens is 1. The molecule has 1 aliphatic heterocycles. The van der Waals surface area contributed by atoms with Gasteiger partial charge in [-0.3, -0.25) is 9.69 Å². The highest BCUT2D eigenvalue weighted by atomic mass is 35.5. The number of likely N-dealkylation sites (N-methyl/N-ethyl adjacent to an activating group) is 1. The van der Waals surface area contributed by atoms with Crippen molar-refractivity contribution in [3.8, 4) is 11.1 Å². The summed E-state index contributed by atoms with van der Waals surface area (Å²) in [6.07, 6.45) is 3.08. The fraction of sp³-hybridized carbons (Fsp3) is 0.278. The number of hydrogen-bond donors (Lipinski definition) is 1. The molecule has 1 aromatic heterocycles. The second-order valence-corrected chi connectivity index (χ2v) is 6.88. The van der Waals surface area contributed by atoms with E-state index in [9.17, 15) is 9.18 Å². The molecule has 1 fully saturated rings. The Labute approximate surface area is 149 Å². The molecule has 1 amide bonds. The third-order valence-corrected chi connectivity index (χ3v) is 5.06. The lowest BCUT2D eigenvalue weighted by Gasteiger charge is -2.25. The number of amides is 1. The summed E-state index contributed by atoms with van der Waals surface area (Å²) in [5.74, 6) is -0.437. The summed E-state index contributed by atoms with van der Waals surface area (Å²) in [6.45, 7) is 0. The molecule has 0 bridgehead atoms. The molecular weight excluding hydrogens is 343 g/mol. The monoisotopic (exact) mass is 358 g/mol. The van der Waals surface area contributed by atoms with E-state index >= 15 is 0 Å². The number of carbonyl (C=O) groups excluding carboxylic acids is 1. The Morgan fingerprint density at radius 3 is 2.76 bits per heavy atom. The Morgan fingerprint density at radius 1 is 1.36 bits per heavy atom. The maximum Gasteiger partial charge on any atom is 0.261 e. The summed E-state index contributed by atoms with van der Waals surface area (Å²) in [6, 6.07) is 8.68. The number of benzene rings is 1. The maximum atomic E-state index is 14.1. The molecule has 25 heavy (non-hydrogen) atoms. The molecule has 7 heteroatoms. The van der Waals surface area contributed by atoms with Gasteiger partial charge in [0.05, 0.1) is 5.02 Å². The fourth-order valence-electron chi connectivity index (χ4n) is 3.40. The van der Waals surface area contributed by atoms with Crippen molar-refractivity contribution in [1.82, 2.24) is 9.88 Å². The predicted octanol–water partition coefficient (Wildman–Crippen LogP) is 2.93. The molecule has 4 rings (SSSR count). The fourth-order valence-corrected chi connectivity index (χ4v) is 3.56. The van der Waals surface area contributed by atoms with E-state index < -0.39 is 11.5 Å². The van der Waals surface area contributed by atoms with Gasteiger partial charge in [0.2, 0.25) is 5.95 Å². The predicted molar refractivity (Wildman–Crippen MR) is 93.4 cm³/mol. The van der Waals surface area contributed by atoms with Crippen molar-refractivity contribution >= 4 is 23.5 Å². The van der Waals surface area contributed by atoms with Crippen LogP contribution in [-0.2, 0) is 10.3 Å². The molecular formula is C18H16ClFN4O. The highest BCUT2D eigenvalue weighted by Gasteiger charge is 2.57. The molecule has 0 spiro atoms. The minimum absolute atomic E-state index is 0.112. The van der Waals surface area contributed by atoms with Crippen LogP contribution >= 0.6 is 11.6 Å². The van der Waals surface area contributed by atoms with Crippen molar-refractivity contribution in [2.45, 2.75) is 18.4 Å². The molecule has 2 aromatic rings. The van der Waals surface area contributed by atoms with E-state index in [1.165, 1.54) is 17.2 Å². The number of halogens is 2. The first kappa shape index (κ1) is 16.0. The number of hydrogen-bond acceptors (Lipinski definition) is 4. The van der Waals surface area contributed by atoms with E-state index in [0.717, 1.165) is 12.8 Å². The van der Waals surface area contributed by atoms with Crippen LogP contribution in [0.15, 0.2) is 41.5 Å². The number of guanidine groups is 1. The van der Waals surface area contributed by atoms with Crippen LogP contribution < -0.4 is 5.73 Å². The van der Waals surface area contributed by atoms with E-state index in [1.54, 1.807) is 25.2 Å². The lowest BCUT2D eigenvalue weighted by molar-refractivity contribution is -0.131. The summed E-state index contributed by atoms with van der Waals surface area (Å²) in [4.78, 5) is 22.5. The van der Waals surface area contributed by atoms with Crippen molar-refractivity contribution in [2.75, 3.05) is 7.05 Å². The van der Waals surface area contributed by atoms with Crippen LogP contribution in [0.1, 0.15) is 18.4 Å². The van der Waals surface area contributed by atoms with E-state index in [-0.39, 0.29) is 23.3 Å². The Bertz CT molecular complexity index is 912. The zero-order valence-electron chi connectivity index (χ0n) is 13.5. The van der Waals surface area contributed by atoms with Crippen LogP contribution in [0.4, 0.5) is 4.39 Å². The first-order valence-corrected chi connectivity index (χ1v) is 8.36. The molecule has 128 valence electrons. The van der Waals surface area contributed by atoms with Crippen LogP contribution in [-0.4, -0.2) is 28.8 Å². The van der Waals surface area contributed by atoms with Gasteiger partial charge in [0.25, 0.3) is 5.91 Å². The first-order chi connectivity index (χ1) is 11.9. The van der Waals surface area contributed by atoms with Gasteiger partial charge in [-0.05, 0) is 42.0 Å². The van der Waals surface area contributed by atoms with E-state index in [4.69, 9.17) is 17.3 Å². The van der Waals surface area contributed by atoms with Crippen LogP contribution in [0, 0.1) is 11.9 Å². The summed E-state index contributed by atoms with van der Waals surface area (Å²) in [5, 5.41) is 0.345. The van der Waals surface area contributed by atoms with Gasteiger partial charge in [-0.15, -0.1) is 0 Å². The SMILES string of the molecule is CN1C(=O)C(c2cccc(-c3cc(Cl)cnc3F)c2)(C2CC2)N=C1N. The maximum absolute atomic E-state index is 14.1. The lowest BCUT2D eigenvalue weighted by atomic mass is 9.83. The average Bonchev–Trinajstić information content (AvgIpc) is 3.42. The largest absolute Gasteiger partial charge is 0.369 e. The summed E-state index contributed by atoms with van der Waals surface area (Å²) in [5.41, 5.74) is 6.49. The number of pyridine rings is 1. The molecule has 2 heterocycles. The number of nitrogens with two attached hydrogens (primary N) is 1. The van der Waals surface area contributed by atoms with Crippen LogP contribution in [0.2, 0.25) is 5.02 Å². The van der Waals surface area contributed by atoms with Gasteiger partial charge in [-0.25, -0.2) is 9.98 Å². The smallest absolute Gasteiger partial charge is 0.261 e. The van der Waals surface area contributed by atoms with Crippen molar-refractivity contribution in [1.29, 1.82) is 0 Å². The van der Waals surface area contributed by atoms with E-state index in [1.807, 2.05) is 6.07 Å². The number of rotatable bonds is 3. The molecule has 1 saturated carbocycles. The zero-order valence-corrected chi connectivity index (χ0v) is 14.3. The van der Waals surface area contributed by atoms with Crippen molar-refractivity contribution in [3.63, 3.8) is 0 Å². The minimum atomic E-state index is -1.02. The molecule has 1 atom stereocenters. The summed E-state index contributed by atoms with van der Waals surface area (Å²) >= 11 is 5.95. The van der Waals surface area contributed by atoms with Crippen LogP contribution in [0.3, 0.4) is 0 Å². The highest BCUT2D eigenvalue weighted by molar-refractivity contribution is 6.30. The Hall–Kier alpha value is -2.47. The average molecular weight is 359 g/mol. The lowest BCUT2D eigenvalue weighted by Crippen LogP contribution is -2.41. The quantitative estimate of drug-likeness (QED) is 0.857. The second kappa shape index (κ2) is 5.52. The standard InChI is InChI=1S/C18H16ClFN4O/c1-24-16(25)18(11-5-6-11,23-17(24)21)12-4-2-3-10(7-12)14-8-13(19)9-22-15(14)20/h2-4,7-9,11H,5-6H2,1H3,(H2,21,23). The number of aliphatic imine (C=N–C) groups is 1. The van der Waals surface area contributed by atoms with Gasteiger partial charge in [-0.1, -0.05) is 29.8 Å². The number of nitrogens with zero attached hydrogens (tertiary/aromatic N) is 3. The summed E-state index contributed by atoms with van der Waals surface area (Å²) in [7, 11) is 1.62. The molecule has 0 saturated heterocycles. The van der Waals surface area contributed by atoms with Gasteiger partial charge in [-0.2, -0.15) is 4.39 Å². The van der Waals surface area contributed by atoms with Gasteiger partial charge in [0, 0.05) is 18.8 Å². The molecule has 2 N–H and O–H groups in total. The molecule has 0 radical (unpaired) electrons. The highest BCUT2D eigenvalue weighted by Crippen LogP contribution is 2.51. The molecule has 1 aliphatic carbocycles. The van der Waals surface area contributed by atoms with E-state index in [2.05, 4.69) is 9.98 Å². The van der Waals surface area contributed by atoms with Crippen molar-refractivity contribution in [2.24, 2.45) is 16.6 Å². The summed E-state index contributed by atoms with van der Waals surface area (Å²) < 4.78 is 14.1. The zero-order chi connectivity index (χ0) is 17.8. The van der Waals surface area contributed by atoms with Gasteiger partial charge in [0.1, 0.15) is 0 Å². The van der Waals surface area contributed by atoms with Crippen LogP contribution in [0.5, 0.6) is 0 Å². The van der Waals surface area contributed by atoms with E-state index in [0.29, 0.717) is 16.1 Å². The molecule has 2 aliphatic rings. The van der Waals surface area contributed by atoms with Gasteiger partial charge < -0.3 is 5.73 Å². The third-order valence-electron chi connectivity index (χ3n) is 4.85. The Morgan fingerprint density at radius 2 is 2.12 bits per heavy atom. The van der Waals surface area contributed by atoms with Gasteiger partial charge >= 0.3 is 0 Å². The number of carbonyl (C=O) groups is 1. The minimum Gasteiger partial charge on any atom is -0.369 e. The Kier molecular flexibility index (Phi) is 3.54. The molecule has 1 unspecified atom stereocenters. The van der Waals surface area contributed by atoms with Crippen LogP contribution in [0.25, 0.3) is 11.1 Å². The Balaban J connectivity index is 1.87. The normalized spacial score (nSPS) is 23.1. The molecule has 1 aromatic carbocycles. The first-order valence-electron chi connectivity index (χ1n) is 7.99. The second-order valence-electron chi connectivity index (χ2n) is 6.45. The van der Waals surface area contributed by atoms with Crippen molar-refractivity contribution < 1.29 is 9.18 Å². The third kappa shape index (κ3) is 2.40. The van der Waals surface area contributed by atoms with Gasteiger partial charge in [0.15, 0.2) is 11.5 Å². The topological polar surface area (TPSA) is 71.6 Å². The molecule has 5 nitrogen and oxygen atoms in total.